The lowest BCUT2D eigenvalue weighted by Gasteiger charge is -2.29. The van der Waals surface area contributed by atoms with E-state index in [1.54, 1.807) is 0 Å². The molecule has 2 atom stereocenters. The van der Waals surface area contributed by atoms with Crippen LogP contribution in [0, 0.1) is 27.7 Å². The van der Waals surface area contributed by atoms with E-state index < -0.39 is 0 Å². The fourth-order valence-corrected chi connectivity index (χ4v) is 6.63. The third-order valence-corrected chi connectivity index (χ3v) is 8.58. The summed E-state index contributed by atoms with van der Waals surface area (Å²) in [6.45, 7) is 9.06. The maximum absolute atomic E-state index is 13.0. The average Bonchev–Trinajstić information content (AvgIpc) is 3.40. The van der Waals surface area contributed by atoms with Gasteiger partial charge in [0.1, 0.15) is 0 Å². The van der Waals surface area contributed by atoms with Crippen molar-refractivity contribution in [2.75, 3.05) is 11.9 Å². The summed E-state index contributed by atoms with van der Waals surface area (Å²) in [6, 6.07) is 14.9. The number of thiocarbonyl (C=S) groups is 1. The molecule has 0 spiro atoms. The third-order valence-electron chi connectivity index (χ3n) is 8.23. The second kappa shape index (κ2) is 11.3. The van der Waals surface area contributed by atoms with Crippen LogP contribution < -0.4 is 10.6 Å². The molecule has 1 aliphatic heterocycles. The molecule has 1 amide bonds. The van der Waals surface area contributed by atoms with Crippen LogP contribution in [0.15, 0.2) is 48.7 Å². The van der Waals surface area contributed by atoms with Crippen molar-refractivity contribution in [3.63, 3.8) is 0 Å². The molecule has 2 fully saturated rings. The highest BCUT2D eigenvalue weighted by atomic mass is 32.1. The van der Waals surface area contributed by atoms with Crippen molar-refractivity contribution in [2.24, 2.45) is 0 Å². The molecular formula is C31H39N5OS. The Morgan fingerprint density at radius 1 is 1.08 bits per heavy atom. The van der Waals surface area contributed by atoms with Crippen molar-refractivity contribution < 1.29 is 4.79 Å². The number of rotatable bonds is 7. The molecule has 2 aliphatic rings. The van der Waals surface area contributed by atoms with Gasteiger partial charge in [-0.3, -0.25) is 9.78 Å². The SMILES string of the molecule is Cc1ccc(C)c(NC(=O)CCN2C(=S)N[C@@H](c3ccccn3)[C@H]2c2cc(C)n(C3CCCCC3)c2C)c1. The van der Waals surface area contributed by atoms with Gasteiger partial charge in [0.05, 0.1) is 17.8 Å². The minimum atomic E-state index is -0.0777. The highest BCUT2D eigenvalue weighted by Crippen LogP contribution is 2.42. The Morgan fingerprint density at radius 2 is 1.87 bits per heavy atom. The largest absolute Gasteiger partial charge is 0.352 e. The van der Waals surface area contributed by atoms with Gasteiger partial charge in [-0.1, -0.05) is 37.5 Å². The maximum atomic E-state index is 13.0. The molecule has 200 valence electrons. The second-order valence-electron chi connectivity index (χ2n) is 10.9. The van der Waals surface area contributed by atoms with Gasteiger partial charge in [-0.2, -0.15) is 0 Å². The molecule has 6 nitrogen and oxygen atoms in total. The number of nitrogens with one attached hydrogen (secondary N) is 2. The molecular weight excluding hydrogens is 490 g/mol. The first-order chi connectivity index (χ1) is 18.3. The lowest BCUT2D eigenvalue weighted by atomic mass is 9.94. The van der Waals surface area contributed by atoms with E-state index in [1.165, 1.54) is 49.1 Å². The van der Waals surface area contributed by atoms with Crippen molar-refractivity contribution >= 4 is 28.9 Å². The summed E-state index contributed by atoms with van der Waals surface area (Å²) in [6.07, 6.45) is 8.59. The average molecular weight is 530 g/mol. The van der Waals surface area contributed by atoms with Crippen LogP contribution >= 0.6 is 12.2 Å². The first-order valence-corrected chi connectivity index (χ1v) is 14.3. The first-order valence-electron chi connectivity index (χ1n) is 13.9. The number of carbonyl (C=O) groups excluding carboxylic acids is 1. The van der Waals surface area contributed by atoms with E-state index in [4.69, 9.17) is 12.2 Å². The van der Waals surface area contributed by atoms with Crippen molar-refractivity contribution in [2.45, 2.75) is 84.3 Å². The number of pyridine rings is 1. The molecule has 0 bridgehead atoms. The molecule has 2 N–H and O–H groups in total. The van der Waals surface area contributed by atoms with Gasteiger partial charge < -0.3 is 20.1 Å². The Morgan fingerprint density at radius 3 is 2.61 bits per heavy atom. The summed E-state index contributed by atoms with van der Waals surface area (Å²) in [5, 5.41) is 7.33. The number of anilines is 1. The van der Waals surface area contributed by atoms with E-state index in [-0.39, 0.29) is 18.0 Å². The summed E-state index contributed by atoms with van der Waals surface area (Å²) in [5.74, 6) is -0.00536. The predicted octanol–water partition coefficient (Wildman–Crippen LogP) is 6.62. The van der Waals surface area contributed by atoms with Crippen LogP contribution in [-0.4, -0.2) is 32.0 Å². The van der Waals surface area contributed by atoms with Crippen LogP contribution in [0.4, 0.5) is 5.69 Å². The third kappa shape index (κ3) is 5.35. The number of carbonyl (C=O) groups is 1. The lowest BCUT2D eigenvalue weighted by molar-refractivity contribution is -0.116. The number of hydrogen-bond donors (Lipinski definition) is 2. The quantitative estimate of drug-likeness (QED) is 0.337. The van der Waals surface area contributed by atoms with Crippen molar-refractivity contribution in [1.29, 1.82) is 0 Å². The smallest absolute Gasteiger partial charge is 0.226 e. The standard InChI is InChI=1S/C31H39N5OS/c1-20-13-14-21(2)27(18-20)33-28(37)15-17-35-30(29(34-31(35)38)26-12-8-9-16-32-26)25-19-22(3)36(23(25)4)24-10-6-5-7-11-24/h8-9,12-14,16,18-19,24,29-30H,5-7,10-11,15,17H2,1-4H3,(H,33,37)(H,34,38)/t29-,30+/m0/s1. The molecule has 1 saturated carbocycles. The number of aryl methyl sites for hydroxylation is 3. The van der Waals surface area contributed by atoms with Gasteiger partial charge in [0.25, 0.3) is 0 Å². The Kier molecular flexibility index (Phi) is 7.84. The number of nitrogens with zero attached hydrogens (tertiary/aromatic N) is 3. The van der Waals surface area contributed by atoms with E-state index in [1.807, 2.05) is 44.3 Å². The Bertz CT molecular complexity index is 1310. The summed E-state index contributed by atoms with van der Waals surface area (Å²) in [7, 11) is 0. The number of amides is 1. The molecule has 1 aromatic carbocycles. The molecule has 38 heavy (non-hydrogen) atoms. The van der Waals surface area contributed by atoms with Gasteiger partial charge in [0.15, 0.2) is 5.11 Å². The van der Waals surface area contributed by atoms with E-state index in [2.05, 4.69) is 57.1 Å². The molecule has 1 saturated heterocycles. The first kappa shape index (κ1) is 26.4. The van der Waals surface area contributed by atoms with Gasteiger partial charge in [-0.25, -0.2) is 0 Å². The van der Waals surface area contributed by atoms with Gasteiger partial charge in [0, 0.05) is 42.3 Å². The Hall–Kier alpha value is -3.19. The minimum Gasteiger partial charge on any atom is -0.352 e. The summed E-state index contributed by atoms with van der Waals surface area (Å²) >= 11 is 5.87. The highest BCUT2D eigenvalue weighted by molar-refractivity contribution is 7.80. The van der Waals surface area contributed by atoms with Crippen LogP contribution in [0.2, 0.25) is 0 Å². The summed E-state index contributed by atoms with van der Waals surface area (Å²) in [4.78, 5) is 19.9. The van der Waals surface area contributed by atoms with Gasteiger partial charge >= 0.3 is 0 Å². The predicted molar refractivity (Wildman–Crippen MR) is 157 cm³/mol. The van der Waals surface area contributed by atoms with Crippen LogP contribution in [-0.2, 0) is 4.79 Å². The van der Waals surface area contributed by atoms with Crippen LogP contribution in [0.1, 0.15) is 90.4 Å². The fourth-order valence-electron chi connectivity index (χ4n) is 6.29. The minimum absolute atomic E-state index is 0.00536. The zero-order valence-electron chi connectivity index (χ0n) is 23.0. The molecule has 0 unspecified atom stereocenters. The van der Waals surface area contributed by atoms with Gasteiger partial charge in [0.2, 0.25) is 5.91 Å². The molecule has 2 aromatic heterocycles. The Balaban J connectivity index is 1.43. The number of benzene rings is 1. The van der Waals surface area contributed by atoms with Crippen LogP contribution in [0.5, 0.6) is 0 Å². The molecule has 1 aliphatic carbocycles. The van der Waals surface area contributed by atoms with E-state index in [0.29, 0.717) is 24.1 Å². The molecule has 7 heteroatoms. The topological polar surface area (TPSA) is 62.2 Å². The molecule has 5 rings (SSSR count). The molecule has 3 heterocycles. The fraction of sp³-hybridized carbons (Fsp3) is 0.452. The highest BCUT2D eigenvalue weighted by Gasteiger charge is 2.41. The van der Waals surface area contributed by atoms with Crippen molar-refractivity contribution in [3.05, 3.63) is 82.4 Å². The molecule has 3 aromatic rings. The lowest BCUT2D eigenvalue weighted by Crippen LogP contribution is -2.33. The normalized spacial score (nSPS) is 20.0. The maximum Gasteiger partial charge on any atom is 0.226 e. The monoisotopic (exact) mass is 529 g/mol. The van der Waals surface area contributed by atoms with Gasteiger partial charge in [-0.15, -0.1) is 0 Å². The number of hydrogen-bond acceptors (Lipinski definition) is 3. The number of aromatic nitrogens is 2. The van der Waals surface area contributed by atoms with Crippen molar-refractivity contribution in [1.82, 2.24) is 19.8 Å². The van der Waals surface area contributed by atoms with Crippen LogP contribution in [0.3, 0.4) is 0 Å². The van der Waals surface area contributed by atoms with Gasteiger partial charge in [-0.05, 0) is 93.7 Å². The zero-order valence-corrected chi connectivity index (χ0v) is 23.8. The van der Waals surface area contributed by atoms with Crippen molar-refractivity contribution in [3.8, 4) is 0 Å². The Labute approximate surface area is 231 Å². The molecule has 0 radical (unpaired) electrons. The summed E-state index contributed by atoms with van der Waals surface area (Å²) in [5.41, 5.74) is 7.89. The van der Waals surface area contributed by atoms with E-state index in [9.17, 15) is 4.79 Å². The van der Waals surface area contributed by atoms with Crippen LogP contribution in [0.25, 0.3) is 0 Å². The zero-order chi connectivity index (χ0) is 26.8. The van der Waals surface area contributed by atoms with E-state index >= 15 is 0 Å². The second-order valence-corrected chi connectivity index (χ2v) is 11.3. The summed E-state index contributed by atoms with van der Waals surface area (Å²) < 4.78 is 2.55. The van der Waals surface area contributed by atoms with E-state index in [0.717, 1.165) is 22.5 Å².